The number of thioether (sulfide) groups is 1. The van der Waals surface area contributed by atoms with Gasteiger partial charge in [-0.1, -0.05) is 35.2 Å². The van der Waals surface area contributed by atoms with Crippen molar-refractivity contribution < 1.29 is 13.9 Å². The Morgan fingerprint density at radius 3 is 2.89 bits per heavy atom. The van der Waals surface area contributed by atoms with E-state index in [0.29, 0.717) is 22.6 Å². The van der Waals surface area contributed by atoms with Crippen LogP contribution in [0.4, 0.5) is 9.52 Å². The maximum absolute atomic E-state index is 13.0. The Hall–Kier alpha value is -2.98. The van der Waals surface area contributed by atoms with Gasteiger partial charge in [-0.3, -0.25) is 9.89 Å². The summed E-state index contributed by atoms with van der Waals surface area (Å²) in [5.74, 6) is 0.438. The van der Waals surface area contributed by atoms with E-state index in [1.807, 2.05) is 18.2 Å². The van der Waals surface area contributed by atoms with E-state index in [2.05, 4.69) is 25.5 Å². The third-order valence-electron chi connectivity index (χ3n) is 3.66. The number of ether oxygens (including phenoxy) is 1. The molecule has 0 spiro atoms. The average molecular weight is 415 g/mol. The van der Waals surface area contributed by atoms with Gasteiger partial charge in [0.05, 0.1) is 16.0 Å². The fourth-order valence-electron chi connectivity index (χ4n) is 2.35. The van der Waals surface area contributed by atoms with Crippen LogP contribution in [0.1, 0.15) is 5.56 Å². The van der Waals surface area contributed by atoms with Gasteiger partial charge >= 0.3 is 0 Å². The van der Waals surface area contributed by atoms with Crippen LogP contribution in [0.3, 0.4) is 0 Å². The highest BCUT2D eigenvalue weighted by atomic mass is 32.2. The molecule has 7 nitrogen and oxygen atoms in total. The number of H-pyrrole nitrogens is 1. The number of fused-ring (bicyclic) bond motifs is 1. The topological polar surface area (TPSA) is 92.8 Å². The van der Waals surface area contributed by atoms with E-state index in [0.717, 1.165) is 15.8 Å². The van der Waals surface area contributed by atoms with E-state index in [9.17, 15) is 9.18 Å². The largest absolute Gasteiger partial charge is 0.489 e. The molecule has 1 amide bonds. The number of benzene rings is 2. The molecule has 2 aromatic carbocycles. The molecule has 0 aliphatic carbocycles. The lowest BCUT2D eigenvalue weighted by molar-refractivity contribution is -0.113. The number of anilines is 1. The highest BCUT2D eigenvalue weighted by Crippen LogP contribution is 2.29. The van der Waals surface area contributed by atoms with Gasteiger partial charge in [0, 0.05) is 0 Å². The Morgan fingerprint density at radius 1 is 1.25 bits per heavy atom. The Balaban J connectivity index is 1.37. The molecule has 142 valence electrons. The summed E-state index contributed by atoms with van der Waals surface area (Å²) in [5, 5.41) is 10.3. The number of aromatic amines is 1. The van der Waals surface area contributed by atoms with E-state index in [-0.39, 0.29) is 17.5 Å². The molecular weight excluding hydrogens is 401 g/mol. The van der Waals surface area contributed by atoms with Crippen LogP contribution in [0.15, 0.2) is 53.9 Å². The molecule has 0 bridgehead atoms. The van der Waals surface area contributed by atoms with E-state index < -0.39 is 0 Å². The molecule has 0 fully saturated rings. The first-order valence-corrected chi connectivity index (χ1v) is 10.0. The SMILES string of the molecule is O=C(CSc1ncn[nH]1)Nc1nc2ccc(OCc3ccc(F)cc3)cc2s1. The fourth-order valence-corrected chi connectivity index (χ4v) is 3.84. The molecule has 4 rings (SSSR count). The number of nitrogens with one attached hydrogen (secondary N) is 2. The average Bonchev–Trinajstić information content (AvgIpc) is 3.34. The second-order valence-corrected chi connectivity index (χ2v) is 7.69. The maximum atomic E-state index is 13.0. The van der Waals surface area contributed by atoms with Crippen molar-refractivity contribution >= 4 is 44.4 Å². The first-order chi connectivity index (χ1) is 13.7. The van der Waals surface area contributed by atoms with Crippen LogP contribution in [-0.2, 0) is 11.4 Å². The van der Waals surface area contributed by atoms with Gasteiger partial charge in [0.1, 0.15) is 24.5 Å². The molecule has 0 atom stereocenters. The van der Waals surface area contributed by atoms with Crippen LogP contribution < -0.4 is 10.1 Å². The van der Waals surface area contributed by atoms with Gasteiger partial charge in [0.15, 0.2) is 10.3 Å². The van der Waals surface area contributed by atoms with Crippen LogP contribution in [-0.4, -0.2) is 31.8 Å². The molecular formula is C18H14FN5O2S2. The van der Waals surface area contributed by atoms with E-state index in [1.165, 1.54) is 41.6 Å². The van der Waals surface area contributed by atoms with Crippen molar-refractivity contribution in [2.75, 3.05) is 11.1 Å². The maximum Gasteiger partial charge on any atom is 0.236 e. The monoisotopic (exact) mass is 415 g/mol. The van der Waals surface area contributed by atoms with E-state index >= 15 is 0 Å². The van der Waals surface area contributed by atoms with Crippen molar-refractivity contribution in [2.24, 2.45) is 0 Å². The quantitative estimate of drug-likeness (QED) is 0.445. The van der Waals surface area contributed by atoms with Crippen molar-refractivity contribution in [1.29, 1.82) is 0 Å². The molecule has 28 heavy (non-hydrogen) atoms. The number of carbonyl (C=O) groups is 1. The van der Waals surface area contributed by atoms with Gasteiger partial charge in [0.2, 0.25) is 5.91 Å². The molecule has 0 radical (unpaired) electrons. The Kier molecular flexibility index (Phi) is 5.49. The van der Waals surface area contributed by atoms with Gasteiger partial charge in [-0.25, -0.2) is 14.4 Å². The molecule has 0 saturated heterocycles. The normalized spacial score (nSPS) is 10.9. The molecule has 0 aliphatic heterocycles. The lowest BCUT2D eigenvalue weighted by Crippen LogP contribution is -2.13. The molecule has 2 N–H and O–H groups in total. The van der Waals surface area contributed by atoms with Crippen LogP contribution in [0.5, 0.6) is 5.75 Å². The minimum atomic E-state index is -0.274. The number of carbonyl (C=O) groups excluding carboxylic acids is 1. The predicted octanol–water partition coefficient (Wildman–Crippen LogP) is 3.86. The van der Waals surface area contributed by atoms with Crippen LogP contribution in [0, 0.1) is 5.82 Å². The number of aromatic nitrogens is 4. The molecule has 0 saturated carbocycles. The fraction of sp³-hybridized carbons (Fsp3) is 0.111. The number of halogens is 1. The number of hydrogen-bond acceptors (Lipinski definition) is 7. The van der Waals surface area contributed by atoms with Crippen LogP contribution in [0.2, 0.25) is 0 Å². The molecule has 2 aromatic heterocycles. The van der Waals surface area contributed by atoms with Gasteiger partial charge in [-0.2, -0.15) is 5.10 Å². The summed E-state index contributed by atoms with van der Waals surface area (Å²) in [6, 6.07) is 11.7. The third kappa shape index (κ3) is 4.65. The Morgan fingerprint density at radius 2 is 2.11 bits per heavy atom. The summed E-state index contributed by atoms with van der Waals surface area (Å²) >= 11 is 2.63. The lowest BCUT2D eigenvalue weighted by Gasteiger charge is -2.06. The van der Waals surface area contributed by atoms with Crippen molar-refractivity contribution in [2.45, 2.75) is 11.8 Å². The number of rotatable bonds is 7. The van der Waals surface area contributed by atoms with Crippen molar-refractivity contribution in [3.8, 4) is 5.75 Å². The highest BCUT2D eigenvalue weighted by molar-refractivity contribution is 7.99. The van der Waals surface area contributed by atoms with Gasteiger partial charge in [0.25, 0.3) is 0 Å². The zero-order valence-electron chi connectivity index (χ0n) is 14.4. The van der Waals surface area contributed by atoms with Gasteiger partial charge in [-0.05, 0) is 35.9 Å². The number of hydrogen-bond donors (Lipinski definition) is 2. The van der Waals surface area contributed by atoms with Crippen molar-refractivity contribution in [3.63, 3.8) is 0 Å². The molecule has 0 aliphatic rings. The van der Waals surface area contributed by atoms with Gasteiger partial charge in [-0.15, -0.1) is 0 Å². The first kappa shape index (κ1) is 18.4. The summed E-state index contributed by atoms with van der Waals surface area (Å²) in [6.45, 7) is 0.340. The second-order valence-electron chi connectivity index (χ2n) is 5.69. The molecule has 4 aromatic rings. The summed E-state index contributed by atoms with van der Waals surface area (Å²) in [5.41, 5.74) is 1.65. The summed E-state index contributed by atoms with van der Waals surface area (Å²) in [7, 11) is 0. The zero-order chi connectivity index (χ0) is 19.3. The van der Waals surface area contributed by atoms with Crippen molar-refractivity contribution in [3.05, 3.63) is 60.2 Å². The standard InChI is InChI=1S/C18H14FN5O2S2/c19-12-3-1-11(2-4-12)8-26-13-5-6-14-15(7-13)28-18(22-14)23-16(25)9-27-17-20-10-21-24-17/h1-7,10H,8-9H2,(H,20,21,24)(H,22,23,25). The smallest absolute Gasteiger partial charge is 0.236 e. The van der Waals surface area contributed by atoms with Gasteiger partial charge < -0.3 is 10.1 Å². The van der Waals surface area contributed by atoms with E-state index in [1.54, 1.807) is 12.1 Å². The number of thiazole rings is 1. The molecule has 10 heteroatoms. The summed E-state index contributed by atoms with van der Waals surface area (Å²) in [4.78, 5) is 20.4. The number of amides is 1. The summed E-state index contributed by atoms with van der Waals surface area (Å²) < 4.78 is 19.6. The predicted molar refractivity (Wildman–Crippen MR) is 106 cm³/mol. The number of nitrogens with zero attached hydrogens (tertiary/aromatic N) is 3. The third-order valence-corrected chi connectivity index (χ3v) is 5.47. The summed E-state index contributed by atoms with van der Waals surface area (Å²) in [6.07, 6.45) is 1.39. The minimum absolute atomic E-state index is 0.173. The first-order valence-electron chi connectivity index (χ1n) is 8.21. The Labute approximate surface area is 167 Å². The Bertz CT molecular complexity index is 1080. The van der Waals surface area contributed by atoms with E-state index in [4.69, 9.17) is 4.74 Å². The molecule has 2 heterocycles. The lowest BCUT2D eigenvalue weighted by atomic mass is 10.2. The highest BCUT2D eigenvalue weighted by Gasteiger charge is 2.10. The van der Waals surface area contributed by atoms with Crippen LogP contribution >= 0.6 is 23.1 Å². The van der Waals surface area contributed by atoms with Crippen molar-refractivity contribution in [1.82, 2.24) is 20.2 Å². The molecule has 0 unspecified atom stereocenters. The minimum Gasteiger partial charge on any atom is -0.489 e. The second kappa shape index (κ2) is 8.36. The zero-order valence-corrected chi connectivity index (χ0v) is 16.0. The van der Waals surface area contributed by atoms with Crippen LogP contribution in [0.25, 0.3) is 10.2 Å².